The molecule has 1 aromatic rings. The van der Waals surface area contributed by atoms with Gasteiger partial charge in [0.25, 0.3) is 0 Å². The van der Waals surface area contributed by atoms with E-state index < -0.39 is 0 Å². The van der Waals surface area contributed by atoms with Gasteiger partial charge in [0.1, 0.15) is 6.61 Å². The SMILES string of the molecule is O=C1NCCO1.c1cc[nH]c1. The molecule has 0 aliphatic carbocycles. The van der Waals surface area contributed by atoms with E-state index in [9.17, 15) is 4.79 Å². The van der Waals surface area contributed by atoms with E-state index in [2.05, 4.69) is 15.0 Å². The second kappa shape index (κ2) is 4.38. The molecule has 1 aliphatic heterocycles. The number of hydrogen-bond acceptors (Lipinski definition) is 2. The van der Waals surface area contributed by atoms with E-state index in [0.29, 0.717) is 13.2 Å². The van der Waals surface area contributed by atoms with Gasteiger partial charge in [-0.15, -0.1) is 0 Å². The van der Waals surface area contributed by atoms with E-state index in [0.717, 1.165) is 0 Å². The quantitative estimate of drug-likeness (QED) is 0.579. The van der Waals surface area contributed by atoms with Gasteiger partial charge in [-0.1, -0.05) is 0 Å². The molecule has 1 aliphatic rings. The fraction of sp³-hybridized carbons (Fsp3) is 0.286. The van der Waals surface area contributed by atoms with Gasteiger partial charge in [-0.3, -0.25) is 0 Å². The highest BCUT2D eigenvalue weighted by atomic mass is 16.6. The zero-order valence-corrected chi connectivity index (χ0v) is 6.04. The van der Waals surface area contributed by atoms with Crippen LogP contribution >= 0.6 is 0 Å². The fourth-order valence-corrected chi connectivity index (χ4v) is 0.626. The van der Waals surface area contributed by atoms with Crippen LogP contribution in [0.15, 0.2) is 24.5 Å². The third kappa shape index (κ3) is 3.30. The Hall–Kier alpha value is -1.45. The number of carbonyl (C=O) groups is 1. The van der Waals surface area contributed by atoms with E-state index in [1.54, 1.807) is 0 Å². The summed E-state index contributed by atoms with van der Waals surface area (Å²) in [7, 11) is 0. The van der Waals surface area contributed by atoms with Crippen LogP contribution in [0.5, 0.6) is 0 Å². The van der Waals surface area contributed by atoms with Gasteiger partial charge in [0.05, 0.1) is 6.54 Å². The minimum Gasteiger partial charge on any atom is -0.448 e. The maximum atomic E-state index is 9.91. The van der Waals surface area contributed by atoms with Crippen LogP contribution in [0.4, 0.5) is 4.79 Å². The molecule has 0 atom stereocenters. The standard InChI is InChI=1S/C4H5N.C3H5NO2/c1-2-4-5-3-1;5-3-4-1-2-6-3/h1-5H;1-2H2,(H,4,5). The molecular weight excluding hydrogens is 144 g/mol. The molecule has 0 bridgehead atoms. The molecule has 1 saturated heterocycles. The number of rotatable bonds is 0. The average molecular weight is 154 g/mol. The molecule has 2 rings (SSSR count). The lowest BCUT2D eigenvalue weighted by molar-refractivity contribution is 0.178. The second-order valence-electron chi connectivity index (χ2n) is 1.95. The molecule has 0 saturated carbocycles. The van der Waals surface area contributed by atoms with Gasteiger partial charge in [-0.2, -0.15) is 0 Å². The maximum Gasteiger partial charge on any atom is 0.407 e. The van der Waals surface area contributed by atoms with Crippen molar-refractivity contribution in [3.63, 3.8) is 0 Å². The van der Waals surface area contributed by atoms with Gasteiger partial charge in [0.15, 0.2) is 0 Å². The number of aromatic amines is 1. The minimum atomic E-state index is -0.296. The van der Waals surface area contributed by atoms with Gasteiger partial charge >= 0.3 is 6.09 Å². The van der Waals surface area contributed by atoms with Gasteiger partial charge in [-0.05, 0) is 12.1 Å². The summed E-state index contributed by atoms with van der Waals surface area (Å²) in [5.74, 6) is 0. The molecule has 1 fully saturated rings. The molecule has 0 unspecified atom stereocenters. The molecule has 4 nitrogen and oxygen atoms in total. The van der Waals surface area contributed by atoms with Crippen molar-refractivity contribution >= 4 is 6.09 Å². The Balaban J connectivity index is 0.000000112. The first-order chi connectivity index (χ1) is 5.39. The van der Waals surface area contributed by atoms with Crippen LogP contribution in [0, 0.1) is 0 Å². The number of alkyl carbamates (subject to hydrolysis) is 1. The third-order valence-corrected chi connectivity index (χ3v) is 1.10. The zero-order chi connectivity index (χ0) is 7.94. The van der Waals surface area contributed by atoms with E-state index >= 15 is 0 Å². The van der Waals surface area contributed by atoms with E-state index in [4.69, 9.17) is 0 Å². The first-order valence-electron chi connectivity index (χ1n) is 3.38. The van der Waals surface area contributed by atoms with Crippen molar-refractivity contribution in [1.29, 1.82) is 0 Å². The summed E-state index contributed by atoms with van der Waals surface area (Å²) in [6, 6.07) is 3.89. The van der Waals surface area contributed by atoms with Gasteiger partial charge in [-0.25, -0.2) is 4.79 Å². The summed E-state index contributed by atoms with van der Waals surface area (Å²) in [5.41, 5.74) is 0. The molecule has 4 heteroatoms. The first-order valence-corrected chi connectivity index (χ1v) is 3.38. The molecular formula is C7H10N2O2. The minimum absolute atomic E-state index is 0.296. The van der Waals surface area contributed by atoms with Crippen molar-refractivity contribution in [3.05, 3.63) is 24.5 Å². The molecule has 2 N–H and O–H groups in total. The summed E-state index contributed by atoms with van der Waals surface area (Å²) >= 11 is 0. The number of aromatic nitrogens is 1. The molecule has 0 aromatic carbocycles. The van der Waals surface area contributed by atoms with Gasteiger partial charge in [0, 0.05) is 12.4 Å². The van der Waals surface area contributed by atoms with Crippen molar-refractivity contribution in [2.24, 2.45) is 0 Å². The number of carbonyl (C=O) groups excluding carboxylic acids is 1. The highest BCUT2D eigenvalue weighted by Crippen LogP contribution is 1.82. The Morgan fingerprint density at radius 2 is 2.09 bits per heavy atom. The topological polar surface area (TPSA) is 54.1 Å². The first kappa shape index (κ1) is 7.65. The Labute approximate surface area is 64.6 Å². The Kier molecular flexibility index (Phi) is 3.05. The predicted molar refractivity (Wildman–Crippen MR) is 40.1 cm³/mol. The van der Waals surface area contributed by atoms with Crippen molar-refractivity contribution in [3.8, 4) is 0 Å². The smallest absolute Gasteiger partial charge is 0.407 e. The monoisotopic (exact) mass is 154 g/mol. The van der Waals surface area contributed by atoms with Crippen LogP contribution in [-0.4, -0.2) is 24.2 Å². The third-order valence-electron chi connectivity index (χ3n) is 1.10. The van der Waals surface area contributed by atoms with Crippen LogP contribution in [-0.2, 0) is 4.74 Å². The average Bonchev–Trinajstić information content (AvgIpc) is 2.57. The number of amides is 1. The lowest BCUT2D eigenvalue weighted by atomic mass is 10.7. The summed E-state index contributed by atoms with van der Waals surface area (Å²) in [6.45, 7) is 1.19. The summed E-state index contributed by atoms with van der Waals surface area (Å²) in [5, 5.41) is 2.46. The maximum absolute atomic E-state index is 9.91. The van der Waals surface area contributed by atoms with E-state index in [-0.39, 0.29) is 6.09 Å². The molecule has 1 amide bonds. The Morgan fingerprint density at radius 3 is 2.27 bits per heavy atom. The van der Waals surface area contributed by atoms with Crippen molar-refractivity contribution in [1.82, 2.24) is 10.3 Å². The molecule has 60 valence electrons. The van der Waals surface area contributed by atoms with Crippen LogP contribution < -0.4 is 5.32 Å². The lowest BCUT2D eigenvalue weighted by Gasteiger charge is -1.80. The van der Waals surface area contributed by atoms with Crippen LogP contribution in [0.1, 0.15) is 0 Å². The number of nitrogens with one attached hydrogen (secondary N) is 2. The predicted octanol–water partition coefficient (Wildman–Crippen LogP) is 0.741. The van der Waals surface area contributed by atoms with Crippen LogP contribution in [0.3, 0.4) is 0 Å². The molecule has 11 heavy (non-hydrogen) atoms. The summed E-state index contributed by atoms with van der Waals surface area (Å²) in [4.78, 5) is 12.8. The normalized spacial score (nSPS) is 14.4. The number of hydrogen-bond donors (Lipinski definition) is 2. The van der Waals surface area contributed by atoms with E-state index in [1.807, 2.05) is 24.5 Å². The largest absolute Gasteiger partial charge is 0.448 e. The second-order valence-corrected chi connectivity index (χ2v) is 1.95. The van der Waals surface area contributed by atoms with Gasteiger partial charge in [0.2, 0.25) is 0 Å². The van der Waals surface area contributed by atoms with Crippen LogP contribution in [0.2, 0.25) is 0 Å². The van der Waals surface area contributed by atoms with Crippen LogP contribution in [0.25, 0.3) is 0 Å². The summed E-state index contributed by atoms with van der Waals surface area (Å²) < 4.78 is 4.40. The summed E-state index contributed by atoms with van der Waals surface area (Å²) in [6.07, 6.45) is 3.45. The van der Waals surface area contributed by atoms with Crippen molar-refractivity contribution in [2.75, 3.05) is 13.2 Å². The molecule has 1 aromatic heterocycles. The molecule has 0 spiro atoms. The Morgan fingerprint density at radius 1 is 1.36 bits per heavy atom. The lowest BCUT2D eigenvalue weighted by Crippen LogP contribution is -2.11. The van der Waals surface area contributed by atoms with E-state index in [1.165, 1.54) is 0 Å². The van der Waals surface area contributed by atoms with Crippen molar-refractivity contribution < 1.29 is 9.53 Å². The highest BCUT2D eigenvalue weighted by molar-refractivity contribution is 5.68. The number of H-pyrrole nitrogens is 1. The van der Waals surface area contributed by atoms with Crippen molar-refractivity contribution in [2.45, 2.75) is 0 Å². The Bertz CT molecular complexity index is 171. The fourth-order valence-electron chi connectivity index (χ4n) is 0.626. The number of ether oxygens (including phenoxy) is 1. The zero-order valence-electron chi connectivity index (χ0n) is 6.04. The van der Waals surface area contributed by atoms with Gasteiger partial charge < -0.3 is 15.0 Å². The molecule has 0 radical (unpaired) electrons. The highest BCUT2D eigenvalue weighted by Gasteiger charge is 2.06. The number of cyclic esters (lactones) is 1. The molecule has 2 heterocycles.